The lowest BCUT2D eigenvalue weighted by Crippen LogP contribution is -2.52. The van der Waals surface area contributed by atoms with E-state index >= 15 is 0 Å². The monoisotopic (exact) mass is 503 g/mol. The molecule has 1 N–H and O–H groups in total. The lowest BCUT2D eigenvalue weighted by Gasteiger charge is -2.33. The van der Waals surface area contributed by atoms with Crippen LogP contribution in [0.3, 0.4) is 0 Å². The standard InChI is InChI=1S/C26H37N3O5S/c1-6-8-16-27-26(31)24(7-2)28(18-21-14-12-20(3)13-15-21)25(30)19-29(35(5,32)33)22-10-9-11-23(17-22)34-4/h9-15,17,24H,6-8,16,18-19H2,1-5H3,(H,27,31)/t24-/m0/s1. The molecule has 0 aliphatic rings. The Morgan fingerprint density at radius 1 is 1.09 bits per heavy atom. The summed E-state index contributed by atoms with van der Waals surface area (Å²) in [4.78, 5) is 28.1. The maximum absolute atomic E-state index is 13.6. The third-order valence-electron chi connectivity index (χ3n) is 5.71. The van der Waals surface area contributed by atoms with Crippen LogP contribution in [-0.4, -0.2) is 57.6 Å². The zero-order chi connectivity index (χ0) is 26.0. The van der Waals surface area contributed by atoms with Gasteiger partial charge in [0.25, 0.3) is 0 Å². The summed E-state index contributed by atoms with van der Waals surface area (Å²) >= 11 is 0. The maximum atomic E-state index is 13.6. The van der Waals surface area contributed by atoms with E-state index in [1.54, 1.807) is 24.3 Å². The molecular formula is C26H37N3O5S. The van der Waals surface area contributed by atoms with E-state index in [-0.39, 0.29) is 12.5 Å². The van der Waals surface area contributed by atoms with E-state index in [9.17, 15) is 18.0 Å². The molecule has 2 aromatic carbocycles. The van der Waals surface area contributed by atoms with Gasteiger partial charge >= 0.3 is 0 Å². The van der Waals surface area contributed by atoms with Gasteiger partial charge in [0.05, 0.1) is 19.1 Å². The van der Waals surface area contributed by atoms with Crippen molar-refractivity contribution in [3.63, 3.8) is 0 Å². The summed E-state index contributed by atoms with van der Waals surface area (Å²) in [7, 11) is -2.30. The molecule has 2 rings (SSSR count). The molecule has 0 bridgehead atoms. The number of benzene rings is 2. The van der Waals surface area contributed by atoms with Crippen molar-refractivity contribution < 1.29 is 22.7 Å². The molecule has 2 amide bonds. The summed E-state index contributed by atoms with van der Waals surface area (Å²) in [5.41, 5.74) is 2.25. The predicted octanol–water partition coefficient (Wildman–Crippen LogP) is 3.49. The fourth-order valence-electron chi connectivity index (χ4n) is 3.70. The average Bonchev–Trinajstić information content (AvgIpc) is 2.83. The minimum Gasteiger partial charge on any atom is -0.497 e. The molecule has 8 nitrogen and oxygen atoms in total. The molecule has 192 valence electrons. The molecule has 0 fully saturated rings. The van der Waals surface area contributed by atoms with Crippen molar-refractivity contribution >= 4 is 27.5 Å². The first-order chi connectivity index (χ1) is 16.6. The number of rotatable bonds is 13. The predicted molar refractivity (Wildman–Crippen MR) is 139 cm³/mol. The van der Waals surface area contributed by atoms with E-state index < -0.39 is 28.5 Å². The van der Waals surface area contributed by atoms with Crippen molar-refractivity contribution in [3.8, 4) is 5.75 Å². The lowest BCUT2D eigenvalue weighted by atomic mass is 10.1. The van der Waals surface area contributed by atoms with Crippen molar-refractivity contribution in [2.75, 3.05) is 30.8 Å². The van der Waals surface area contributed by atoms with Gasteiger partial charge in [-0.3, -0.25) is 13.9 Å². The quantitative estimate of drug-likeness (QED) is 0.422. The Labute approximate surface area is 209 Å². The Hall–Kier alpha value is -3.07. The van der Waals surface area contributed by atoms with Crippen molar-refractivity contribution in [3.05, 3.63) is 59.7 Å². The highest BCUT2D eigenvalue weighted by Gasteiger charge is 2.31. The van der Waals surface area contributed by atoms with E-state index in [0.29, 0.717) is 24.4 Å². The molecule has 0 saturated heterocycles. The Kier molecular flexibility index (Phi) is 10.6. The van der Waals surface area contributed by atoms with Crippen LogP contribution in [-0.2, 0) is 26.2 Å². The number of hydrogen-bond acceptors (Lipinski definition) is 5. The van der Waals surface area contributed by atoms with Gasteiger partial charge in [-0.1, -0.05) is 56.2 Å². The first-order valence-electron chi connectivity index (χ1n) is 11.8. The summed E-state index contributed by atoms with van der Waals surface area (Å²) < 4.78 is 31.6. The lowest BCUT2D eigenvalue weighted by molar-refractivity contribution is -0.140. The van der Waals surface area contributed by atoms with Crippen molar-refractivity contribution in [1.29, 1.82) is 0 Å². The average molecular weight is 504 g/mol. The van der Waals surface area contributed by atoms with Gasteiger partial charge in [0.15, 0.2) is 0 Å². The number of anilines is 1. The van der Waals surface area contributed by atoms with Gasteiger partial charge in [-0.2, -0.15) is 0 Å². The number of amides is 2. The van der Waals surface area contributed by atoms with E-state index in [4.69, 9.17) is 4.74 Å². The molecule has 0 heterocycles. The number of carbonyl (C=O) groups is 2. The Morgan fingerprint density at radius 2 is 1.77 bits per heavy atom. The van der Waals surface area contributed by atoms with Crippen LogP contribution in [0.25, 0.3) is 0 Å². The van der Waals surface area contributed by atoms with Gasteiger partial charge in [0.2, 0.25) is 21.8 Å². The second-order valence-corrected chi connectivity index (χ2v) is 10.5. The smallest absolute Gasteiger partial charge is 0.244 e. The molecule has 0 unspecified atom stereocenters. The highest BCUT2D eigenvalue weighted by molar-refractivity contribution is 7.92. The van der Waals surface area contributed by atoms with Crippen LogP contribution < -0.4 is 14.4 Å². The molecular weight excluding hydrogens is 466 g/mol. The van der Waals surface area contributed by atoms with Crippen LogP contribution in [0.5, 0.6) is 5.75 Å². The number of sulfonamides is 1. The van der Waals surface area contributed by atoms with Crippen LogP contribution in [0, 0.1) is 6.92 Å². The SMILES string of the molecule is CCCCNC(=O)[C@H](CC)N(Cc1ccc(C)cc1)C(=O)CN(c1cccc(OC)c1)S(C)(=O)=O. The van der Waals surface area contributed by atoms with Gasteiger partial charge in [0, 0.05) is 19.2 Å². The molecule has 0 spiro atoms. The molecule has 2 aromatic rings. The van der Waals surface area contributed by atoms with E-state index in [0.717, 1.165) is 34.5 Å². The van der Waals surface area contributed by atoms with E-state index in [1.165, 1.54) is 12.0 Å². The zero-order valence-corrected chi connectivity index (χ0v) is 22.1. The largest absolute Gasteiger partial charge is 0.497 e. The molecule has 0 aromatic heterocycles. The number of hydrogen-bond donors (Lipinski definition) is 1. The summed E-state index contributed by atoms with van der Waals surface area (Å²) in [6, 6.07) is 13.5. The summed E-state index contributed by atoms with van der Waals surface area (Å²) in [6.07, 6.45) is 3.23. The van der Waals surface area contributed by atoms with Gasteiger partial charge in [-0.05, 0) is 37.5 Å². The van der Waals surface area contributed by atoms with Gasteiger partial charge < -0.3 is 15.0 Å². The number of carbonyl (C=O) groups excluding carboxylic acids is 2. The topological polar surface area (TPSA) is 96.0 Å². The maximum Gasteiger partial charge on any atom is 0.244 e. The van der Waals surface area contributed by atoms with Crippen LogP contribution in [0.4, 0.5) is 5.69 Å². The molecule has 0 radical (unpaired) electrons. The first kappa shape index (κ1) is 28.2. The second kappa shape index (κ2) is 13.1. The summed E-state index contributed by atoms with van der Waals surface area (Å²) in [6.45, 7) is 6.13. The second-order valence-electron chi connectivity index (χ2n) is 8.55. The number of nitrogens with one attached hydrogen (secondary N) is 1. The van der Waals surface area contributed by atoms with Gasteiger partial charge in [0.1, 0.15) is 18.3 Å². The fourth-order valence-corrected chi connectivity index (χ4v) is 4.54. The molecule has 1 atom stereocenters. The number of unbranched alkanes of at least 4 members (excludes halogenated alkanes) is 1. The minimum atomic E-state index is -3.79. The molecule has 0 saturated carbocycles. The zero-order valence-electron chi connectivity index (χ0n) is 21.3. The minimum absolute atomic E-state index is 0.189. The normalized spacial score (nSPS) is 12.0. The molecule has 35 heavy (non-hydrogen) atoms. The summed E-state index contributed by atoms with van der Waals surface area (Å²) in [5.74, 6) is -0.230. The fraction of sp³-hybridized carbons (Fsp3) is 0.462. The highest BCUT2D eigenvalue weighted by Crippen LogP contribution is 2.24. The number of ether oxygens (including phenoxy) is 1. The van der Waals surface area contributed by atoms with Crippen molar-refractivity contribution in [1.82, 2.24) is 10.2 Å². The van der Waals surface area contributed by atoms with Crippen LogP contribution in [0.1, 0.15) is 44.2 Å². The number of nitrogens with zero attached hydrogens (tertiary/aromatic N) is 2. The van der Waals surface area contributed by atoms with Gasteiger partial charge in [-0.25, -0.2) is 8.42 Å². The third-order valence-corrected chi connectivity index (χ3v) is 6.85. The van der Waals surface area contributed by atoms with Crippen LogP contribution in [0.2, 0.25) is 0 Å². The number of aryl methyl sites for hydroxylation is 1. The Morgan fingerprint density at radius 3 is 2.34 bits per heavy atom. The summed E-state index contributed by atoms with van der Waals surface area (Å²) in [5, 5.41) is 2.91. The third kappa shape index (κ3) is 8.28. The van der Waals surface area contributed by atoms with Gasteiger partial charge in [-0.15, -0.1) is 0 Å². The molecule has 0 aliphatic carbocycles. The Bertz CT molecular complexity index is 1090. The highest BCUT2D eigenvalue weighted by atomic mass is 32.2. The Balaban J connectivity index is 2.40. The van der Waals surface area contributed by atoms with Crippen LogP contribution >= 0.6 is 0 Å². The van der Waals surface area contributed by atoms with Crippen molar-refractivity contribution in [2.45, 2.75) is 52.6 Å². The number of methoxy groups -OCH3 is 1. The van der Waals surface area contributed by atoms with E-state index in [1.807, 2.05) is 45.0 Å². The first-order valence-corrected chi connectivity index (χ1v) is 13.7. The van der Waals surface area contributed by atoms with Crippen LogP contribution in [0.15, 0.2) is 48.5 Å². The molecule has 0 aliphatic heterocycles. The van der Waals surface area contributed by atoms with Crippen molar-refractivity contribution in [2.24, 2.45) is 0 Å². The van der Waals surface area contributed by atoms with E-state index in [2.05, 4.69) is 5.32 Å². The molecule has 9 heteroatoms.